The second-order valence-electron chi connectivity index (χ2n) is 8.89. The smallest absolute Gasteiger partial charge is 0.220 e. The van der Waals surface area contributed by atoms with Crippen LogP contribution in [0.25, 0.3) is 0 Å². The number of benzene rings is 2. The van der Waals surface area contributed by atoms with E-state index in [0.29, 0.717) is 22.9 Å². The van der Waals surface area contributed by atoms with E-state index < -0.39 is 16.1 Å². The molecule has 2 aliphatic heterocycles. The van der Waals surface area contributed by atoms with Crippen LogP contribution >= 0.6 is 23.2 Å². The van der Waals surface area contributed by atoms with Crippen molar-refractivity contribution in [2.75, 3.05) is 26.4 Å². The summed E-state index contributed by atoms with van der Waals surface area (Å²) in [6.45, 7) is 1.81. The number of likely N-dealkylation sites (N-methyl/N-ethyl adjacent to an activating group) is 1. The van der Waals surface area contributed by atoms with Crippen molar-refractivity contribution in [3.05, 3.63) is 68.7 Å². The van der Waals surface area contributed by atoms with Crippen LogP contribution < -0.4 is 5.73 Å². The molecule has 2 aliphatic rings. The van der Waals surface area contributed by atoms with Crippen molar-refractivity contribution in [1.29, 1.82) is 0 Å². The lowest BCUT2D eigenvalue weighted by Crippen LogP contribution is -2.43. The molecule has 2 N–H and O–H groups in total. The highest BCUT2D eigenvalue weighted by atomic mass is 35.5. The van der Waals surface area contributed by atoms with E-state index in [4.69, 9.17) is 28.9 Å². The van der Waals surface area contributed by atoms with E-state index >= 15 is 0 Å². The lowest BCUT2D eigenvalue weighted by Gasteiger charge is -2.38. The highest BCUT2D eigenvalue weighted by Crippen LogP contribution is 2.41. The van der Waals surface area contributed by atoms with Gasteiger partial charge in [-0.15, -0.1) is 0 Å². The van der Waals surface area contributed by atoms with Crippen molar-refractivity contribution in [3.63, 3.8) is 0 Å². The van der Waals surface area contributed by atoms with Gasteiger partial charge in [0.1, 0.15) is 0 Å². The van der Waals surface area contributed by atoms with Crippen molar-refractivity contribution in [2.45, 2.75) is 31.3 Å². The van der Waals surface area contributed by atoms with E-state index in [1.54, 1.807) is 6.07 Å². The molecule has 0 aliphatic carbocycles. The quantitative estimate of drug-likeness (QED) is 0.699. The molecule has 32 heavy (non-hydrogen) atoms. The molecule has 3 unspecified atom stereocenters. The van der Waals surface area contributed by atoms with Gasteiger partial charge in [0.05, 0.1) is 12.3 Å². The number of fused-ring (bicyclic) bond motifs is 1. The number of sulfonamides is 1. The predicted molar refractivity (Wildman–Crippen MR) is 127 cm³/mol. The summed E-state index contributed by atoms with van der Waals surface area (Å²) in [5.74, 6) is -0.686. The summed E-state index contributed by atoms with van der Waals surface area (Å²) in [7, 11) is -1.39. The van der Waals surface area contributed by atoms with Gasteiger partial charge in [0.25, 0.3) is 0 Å². The lowest BCUT2D eigenvalue weighted by molar-refractivity contribution is -0.123. The fraction of sp³-hybridized carbons (Fsp3) is 0.435. The van der Waals surface area contributed by atoms with Crippen molar-refractivity contribution in [2.24, 2.45) is 11.7 Å². The van der Waals surface area contributed by atoms with Crippen molar-refractivity contribution in [3.8, 4) is 0 Å². The SMILES string of the molecule is CN1Cc2c(Cl)cc(Cl)cc2C(c2cccc(C3CC(C(N)=O)CCN3S(C)(=O)=O)c2)C1. The molecule has 9 heteroatoms. The Kier molecular flexibility index (Phi) is 6.58. The first-order valence-electron chi connectivity index (χ1n) is 10.6. The minimum Gasteiger partial charge on any atom is -0.369 e. The Labute approximate surface area is 199 Å². The first kappa shape index (κ1) is 23.5. The Morgan fingerprint density at radius 1 is 1.16 bits per heavy atom. The normalized spacial score (nSPS) is 24.8. The third-order valence-corrected chi connectivity index (χ3v) is 8.42. The third-order valence-electron chi connectivity index (χ3n) is 6.57. The molecule has 2 aromatic carbocycles. The monoisotopic (exact) mass is 495 g/mol. The number of hydrogen-bond donors (Lipinski definition) is 1. The maximum atomic E-state index is 12.5. The van der Waals surface area contributed by atoms with E-state index in [2.05, 4.69) is 18.0 Å². The second-order valence-corrected chi connectivity index (χ2v) is 11.7. The number of carbonyl (C=O) groups is 1. The Hall–Kier alpha value is -1.64. The van der Waals surface area contributed by atoms with E-state index in [1.165, 1.54) is 10.6 Å². The van der Waals surface area contributed by atoms with E-state index in [-0.39, 0.29) is 24.3 Å². The Morgan fingerprint density at radius 2 is 1.88 bits per heavy atom. The number of nitrogens with zero attached hydrogens (tertiary/aromatic N) is 2. The fourth-order valence-corrected chi connectivity index (χ4v) is 6.69. The van der Waals surface area contributed by atoms with Crippen LogP contribution in [0.3, 0.4) is 0 Å². The van der Waals surface area contributed by atoms with Gasteiger partial charge in [-0.3, -0.25) is 4.79 Å². The minimum atomic E-state index is -3.44. The number of nitrogens with two attached hydrogens (primary N) is 1. The van der Waals surface area contributed by atoms with Crippen LogP contribution in [-0.2, 0) is 21.4 Å². The number of amides is 1. The van der Waals surface area contributed by atoms with Crippen molar-refractivity contribution in [1.82, 2.24) is 9.21 Å². The second kappa shape index (κ2) is 8.95. The molecule has 1 fully saturated rings. The topological polar surface area (TPSA) is 83.7 Å². The molecule has 6 nitrogen and oxygen atoms in total. The van der Waals surface area contributed by atoms with Gasteiger partial charge in [0.15, 0.2) is 0 Å². The summed E-state index contributed by atoms with van der Waals surface area (Å²) in [6, 6.07) is 11.3. The molecule has 2 aromatic rings. The zero-order chi connectivity index (χ0) is 23.2. The number of hydrogen-bond acceptors (Lipinski definition) is 4. The van der Waals surface area contributed by atoms with Crippen LogP contribution in [0.4, 0.5) is 0 Å². The molecular weight excluding hydrogens is 469 g/mol. The maximum Gasteiger partial charge on any atom is 0.220 e. The molecular formula is C23H27Cl2N3O3S. The first-order valence-corrected chi connectivity index (χ1v) is 13.2. The van der Waals surface area contributed by atoms with Crippen LogP contribution in [0.2, 0.25) is 10.0 Å². The molecule has 1 amide bonds. The lowest BCUT2D eigenvalue weighted by atomic mass is 9.82. The molecule has 0 spiro atoms. The molecule has 1 saturated heterocycles. The Bertz CT molecular complexity index is 1160. The predicted octanol–water partition coefficient (Wildman–Crippen LogP) is 3.77. The van der Waals surface area contributed by atoms with Gasteiger partial charge in [-0.2, -0.15) is 4.31 Å². The Morgan fingerprint density at radius 3 is 2.56 bits per heavy atom. The number of primary amides is 1. The fourth-order valence-electron chi connectivity index (χ4n) is 5.02. The Balaban J connectivity index is 1.76. The van der Waals surface area contributed by atoms with Gasteiger partial charge in [-0.1, -0.05) is 47.5 Å². The molecule has 2 heterocycles. The molecule has 0 aromatic heterocycles. The van der Waals surface area contributed by atoms with Crippen LogP contribution in [0.1, 0.15) is 47.1 Å². The number of carbonyl (C=O) groups excluding carboxylic acids is 1. The number of rotatable bonds is 4. The van der Waals surface area contributed by atoms with Crippen molar-refractivity contribution >= 4 is 39.1 Å². The summed E-state index contributed by atoms with van der Waals surface area (Å²) in [6.07, 6.45) is 2.03. The van der Waals surface area contributed by atoms with Gasteiger partial charge in [-0.25, -0.2) is 8.42 Å². The zero-order valence-corrected chi connectivity index (χ0v) is 20.4. The van der Waals surface area contributed by atoms with E-state index in [1.807, 2.05) is 24.3 Å². The molecule has 4 rings (SSSR count). The highest BCUT2D eigenvalue weighted by Gasteiger charge is 2.37. The van der Waals surface area contributed by atoms with Gasteiger partial charge in [0, 0.05) is 41.5 Å². The van der Waals surface area contributed by atoms with Crippen LogP contribution in [-0.4, -0.2) is 49.9 Å². The molecule has 0 radical (unpaired) electrons. The average Bonchev–Trinajstić information content (AvgIpc) is 2.73. The summed E-state index contributed by atoms with van der Waals surface area (Å²) in [5, 5.41) is 1.25. The van der Waals surface area contributed by atoms with Crippen LogP contribution in [0.5, 0.6) is 0 Å². The summed E-state index contributed by atoms with van der Waals surface area (Å²) in [5.41, 5.74) is 9.64. The standard InChI is InChI=1S/C23H27Cl2N3O3S/c1-27-12-19(18-10-17(24)11-21(25)20(18)13-27)14-4-3-5-15(8-14)22-9-16(23(26)29)6-7-28(22)32(2,30)31/h3-5,8,10-11,16,19,22H,6-7,9,12-13H2,1-2H3,(H2,26,29). The van der Waals surface area contributed by atoms with Gasteiger partial charge in [-0.05, 0) is 54.3 Å². The summed E-state index contributed by atoms with van der Waals surface area (Å²) < 4.78 is 26.5. The first-order chi connectivity index (χ1) is 15.0. The maximum absolute atomic E-state index is 12.5. The van der Waals surface area contributed by atoms with Gasteiger partial charge < -0.3 is 10.6 Å². The molecule has 0 saturated carbocycles. The average molecular weight is 496 g/mol. The molecule has 3 atom stereocenters. The largest absolute Gasteiger partial charge is 0.369 e. The van der Waals surface area contributed by atoms with Crippen LogP contribution in [0.15, 0.2) is 36.4 Å². The zero-order valence-electron chi connectivity index (χ0n) is 18.1. The number of halogens is 2. The van der Waals surface area contributed by atoms with Crippen molar-refractivity contribution < 1.29 is 13.2 Å². The minimum absolute atomic E-state index is 0.0436. The number of piperidine rings is 1. The van der Waals surface area contributed by atoms with Crippen LogP contribution in [0, 0.1) is 5.92 Å². The summed E-state index contributed by atoms with van der Waals surface area (Å²) in [4.78, 5) is 14.1. The molecule has 0 bridgehead atoms. The van der Waals surface area contributed by atoms with E-state index in [0.717, 1.165) is 35.3 Å². The third kappa shape index (κ3) is 4.68. The van der Waals surface area contributed by atoms with E-state index in [9.17, 15) is 13.2 Å². The van der Waals surface area contributed by atoms with Gasteiger partial charge in [0.2, 0.25) is 15.9 Å². The highest BCUT2D eigenvalue weighted by molar-refractivity contribution is 7.88. The molecule has 172 valence electrons. The van der Waals surface area contributed by atoms with Gasteiger partial charge >= 0.3 is 0 Å². The summed E-state index contributed by atoms with van der Waals surface area (Å²) >= 11 is 12.8.